The first kappa shape index (κ1) is 17.0. The van der Waals surface area contributed by atoms with Crippen molar-refractivity contribution in [3.8, 4) is 11.5 Å². The molecule has 0 atom stereocenters. The van der Waals surface area contributed by atoms with E-state index < -0.39 is 11.9 Å². The molecule has 4 aromatic rings. The van der Waals surface area contributed by atoms with E-state index in [1.807, 2.05) is 0 Å². The summed E-state index contributed by atoms with van der Waals surface area (Å²) in [6.07, 6.45) is -1.97. The molecule has 5 nitrogen and oxygen atoms in total. The Morgan fingerprint density at radius 2 is 1.77 bits per heavy atom. The number of hydrogen-bond donors (Lipinski definition) is 0. The summed E-state index contributed by atoms with van der Waals surface area (Å²) in [4.78, 5) is 16.2. The highest BCUT2D eigenvalue weighted by Gasteiger charge is 2.33. The fourth-order valence-corrected chi connectivity index (χ4v) is 3.03. The van der Waals surface area contributed by atoms with Crippen molar-refractivity contribution in [2.75, 3.05) is 0 Å². The van der Waals surface area contributed by atoms with E-state index in [-0.39, 0.29) is 10.5 Å². The van der Waals surface area contributed by atoms with Gasteiger partial charge in [-0.05, 0) is 18.2 Å². The molecule has 4 heterocycles. The van der Waals surface area contributed by atoms with Crippen molar-refractivity contribution in [2.24, 2.45) is 7.05 Å². The SMILES string of the molecule is Cn1c(-c2nc3ncc(Cl)cc3cc2Cl)nc2cc(C(F)(F)F)ncc21. The zero-order chi connectivity index (χ0) is 18.6. The minimum Gasteiger partial charge on any atom is -0.324 e. The number of aromatic nitrogens is 5. The van der Waals surface area contributed by atoms with Crippen LogP contribution in [0.2, 0.25) is 10.0 Å². The van der Waals surface area contributed by atoms with Gasteiger partial charge in [-0.2, -0.15) is 13.2 Å². The molecular formula is C16H8Cl2F3N5. The van der Waals surface area contributed by atoms with Gasteiger partial charge in [0.1, 0.15) is 11.4 Å². The molecule has 0 saturated carbocycles. The molecule has 0 amide bonds. The molecule has 0 spiro atoms. The third kappa shape index (κ3) is 2.75. The molecule has 0 aromatic carbocycles. The molecule has 0 bridgehead atoms. The maximum absolute atomic E-state index is 12.9. The molecule has 0 aliphatic carbocycles. The average molecular weight is 398 g/mol. The summed E-state index contributed by atoms with van der Waals surface area (Å²) in [6, 6.07) is 4.20. The molecule has 4 aromatic heterocycles. The highest BCUT2D eigenvalue weighted by atomic mass is 35.5. The molecule has 4 rings (SSSR count). The summed E-state index contributed by atoms with van der Waals surface area (Å²) < 4.78 is 40.2. The van der Waals surface area contributed by atoms with Gasteiger partial charge in [0.05, 0.1) is 27.3 Å². The Hall–Kier alpha value is -2.45. The second kappa shape index (κ2) is 5.78. The molecule has 0 radical (unpaired) electrons. The highest BCUT2D eigenvalue weighted by molar-refractivity contribution is 6.34. The van der Waals surface area contributed by atoms with Crippen LogP contribution >= 0.6 is 23.2 Å². The topological polar surface area (TPSA) is 56.5 Å². The number of nitrogens with zero attached hydrogens (tertiary/aromatic N) is 5. The Balaban J connectivity index is 1.94. The number of rotatable bonds is 1. The van der Waals surface area contributed by atoms with Gasteiger partial charge in [0.15, 0.2) is 11.5 Å². The normalized spacial score (nSPS) is 12.2. The van der Waals surface area contributed by atoms with Crippen LogP contribution in [0.1, 0.15) is 5.69 Å². The van der Waals surface area contributed by atoms with E-state index >= 15 is 0 Å². The van der Waals surface area contributed by atoms with Gasteiger partial charge in [0.25, 0.3) is 0 Å². The van der Waals surface area contributed by atoms with Crippen molar-refractivity contribution in [3.05, 3.63) is 46.3 Å². The van der Waals surface area contributed by atoms with Crippen LogP contribution in [-0.2, 0) is 13.2 Å². The highest BCUT2D eigenvalue weighted by Crippen LogP contribution is 2.33. The summed E-state index contributed by atoms with van der Waals surface area (Å²) >= 11 is 12.2. The Morgan fingerprint density at radius 3 is 2.50 bits per heavy atom. The summed E-state index contributed by atoms with van der Waals surface area (Å²) in [6.45, 7) is 0. The van der Waals surface area contributed by atoms with Crippen molar-refractivity contribution in [3.63, 3.8) is 0 Å². The fourth-order valence-electron chi connectivity index (χ4n) is 2.62. The molecule has 0 N–H and O–H groups in total. The smallest absolute Gasteiger partial charge is 0.324 e. The van der Waals surface area contributed by atoms with Crippen LogP contribution < -0.4 is 0 Å². The molecule has 0 fully saturated rings. The molecular weight excluding hydrogens is 390 g/mol. The zero-order valence-corrected chi connectivity index (χ0v) is 14.5. The Morgan fingerprint density at radius 1 is 1.00 bits per heavy atom. The van der Waals surface area contributed by atoms with Gasteiger partial charge >= 0.3 is 6.18 Å². The number of aryl methyl sites for hydroxylation is 1. The van der Waals surface area contributed by atoms with E-state index in [1.54, 1.807) is 23.7 Å². The van der Waals surface area contributed by atoms with Gasteiger partial charge in [-0.1, -0.05) is 23.2 Å². The molecule has 132 valence electrons. The largest absolute Gasteiger partial charge is 0.433 e. The average Bonchev–Trinajstić information content (AvgIpc) is 2.89. The lowest BCUT2D eigenvalue weighted by molar-refractivity contribution is -0.141. The third-order valence-corrected chi connectivity index (χ3v) is 4.35. The third-order valence-electron chi connectivity index (χ3n) is 3.86. The predicted molar refractivity (Wildman–Crippen MR) is 92.1 cm³/mol. The first-order chi connectivity index (χ1) is 12.2. The number of pyridine rings is 3. The summed E-state index contributed by atoms with van der Waals surface area (Å²) in [5.41, 5.74) is 0.265. The minimum atomic E-state index is -4.55. The van der Waals surface area contributed by atoms with Gasteiger partial charge in [-0.15, -0.1) is 0 Å². The van der Waals surface area contributed by atoms with Gasteiger partial charge in [-0.3, -0.25) is 0 Å². The number of alkyl halides is 3. The molecule has 0 aliphatic rings. The summed E-state index contributed by atoms with van der Waals surface area (Å²) in [7, 11) is 1.65. The Kier molecular flexibility index (Phi) is 3.78. The second-order valence-electron chi connectivity index (χ2n) is 5.57. The van der Waals surface area contributed by atoms with Crippen molar-refractivity contribution in [1.82, 2.24) is 24.5 Å². The standard InChI is InChI=1S/C16H8Cl2F3N5/c1-26-11-6-22-12(16(19,20)21)4-10(11)24-15(26)13-9(18)3-7-2-8(17)5-23-14(7)25-13/h2-6H,1H3. The molecule has 0 aliphatic heterocycles. The predicted octanol–water partition coefficient (Wildman–Crippen LogP) is 4.90. The van der Waals surface area contributed by atoms with E-state index in [0.29, 0.717) is 33.1 Å². The summed E-state index contributed by atoms with van der Waals surface area (Å²) in [5.74, 6) is 0.310. The lowest BCUT2D eigenvalue weighted by Gasteiger charge is -2.06. The number of imidazole rings is 1. The van der Waals surface area contributed by atoms with Gasteiger partial charge < -0.3 is 4.57 Å². The van der Waals surface area contributed by atoms with Crippen LogP contribution in [-0.4, -0.2) is 24.5 Å². The van der Waals surface area contributed by atoms with Gasteiger partial charge in [0.2, 0.25) is 0 Å². The molecule has 10 heteroatoms. The van der Waals surface area contributed by atoms with Crippen LogP contribution in [0.5, 0.6) is 0 Å². The number of halogens is 5. The lowest BCUT2D eigenvalue weighted by Crippen LogP contribution is -2.07. The molecule has 0 saturated heterocycles. The van der Waals surface area contributed by atoms with Crippen molar-refractivity contribution >= 4 is 45.3 Å². The fraction of sp³-hybridized carbons (Fsp3) is 0.125. The zero-order valence-electron chi connectivity index (χ0n) is 13.0. The van der Waals surface area contributed by atoms with E-state index in [1.165, 1.54) is 6.20 Å². The number of fused-ring (bicyclic) bond motifs is 2. The van der Waals surface area contributed by atoms with Crippen LogP contribution in [0.15, 0.2) is 30.6 Å². The Bertz CT molecular complexity index is 1170. The quantitative estimate of drug-likeness (QED) is 0.458. The Labute approximate surface area is 154 Å². The van der Waals surface area contributed by atoms with Crippen LogP contribution in [0.4, 0.5) is 13.2 Å². The molecule has 26 heavy (non-hydrogen) atoms. The monoisotopic (exact) mass is 397 g/mol. The van der Waals surface area contributed by atoms with Gasteiger partial charge in [-0.25, -0.2) is 19.9 Å². The summed E-state index contributed by atoms with van der Waals surface area (Å²) in [5, 5.41) is 1.37. The maximum atomic E-state index is 12.9. The first-order valence-electron chi connectivity index (χ1n) is 7.26. The minimum absolute atomic E-state index is 0.145. The van der Waals surface area contributed by atoms with Gasteiger partial charge in [0, 0.05) is 18.6 Å². The maximum Gasteiger partial charge on any atom is 0.433 e. The number of hydrogen-bond acceptors (Lipinski definition) is 4. The molecule has 0 unspecified atom stereocenters. The van der Waals surface area contributed by atoms with Crippen molar-refractivity contribution < 1.29 is 13.2 Å². The van der Waals surface area contributed by atoms with E-state index in [0.717, 1.165) is 12.3 Å². The first-order valence-corrected chi connectivity index (χ1v) is 8.01. The van der Waals surface area contributed by atoms with Crippen LogP contribution in [0, 0.1) is 0 Å². The van der Waals surface area contributed by atoms with Crippen LogP contribution in [0.25, 0.3) is 33.6 Å². The van der Waals surface area contributed by atoms with E-state index in [2.05, 4.69) is 19.9 Å². The second-order valence-corrected chi connectivity index (χ2v) is 6.41. The van der Waals surface area contributed by atoms with Crippen molar-refractivity contribution in [1.29, 1.82) is 0 Å². The van der Waals surface area contributed by atoms with E-state index in [4.69, 9.17) is 23.2 Å². The van der Waals surface area contributed by atoms with Crippen molar-refractivity contribution in [2.45, 2.75) is 6.18 Å². The van der Waals surface area contributed by atoms with Crippen LogP contribution in [0.3, 0.4) is 0 Å². The van der Waals surface area contributed by atoms with E-state index in [9.17, 15) is 13.2 Å². The lowest BCUT2D eigenvalue weighted by atomic mass is 10.2.